The first-order valence-electron chi connectivity index (χ1n) is 8.45. The van der Waals surface area contributed by atoms with Crippen molar-refractivity contribution in [3.63, 3.8) is 0 Å². The fourth-order valence-corrected chi connectivity index (χ4v) is 3.57. The van der Waals surface area contributed by atoms with Gasteiger partial charge in [0.1, 0.15) is 5.82 Å². The Kier molecular flexibility index (Phi) is 4.93. The van der Waals surface area contributed by atoms with Gasteiger partial charge in [-0.2, -0.15) is 0 Å². The maximum Gasteiger partial charge on any atom is 0.225 e. The summed E-state index contributed by atoms with van der Waals surface area (Å²) in [7, 11) is 0. The predicted octanol–water partition coefficient (Wildman–Crippen LogP) is 3.78. The van der Waals surface area contributed by atoms with Gasteiger partial charge in [0.05, 0.1) is 5.02 Å². The molecular weight excluding hydrogens is 315 g/mol. The fraction of sp³-hybridized carbons (Fsp3) is 0.611. The van der Waals surface area contributed by atoms with Gasteiger partial charge in [-0.05, 0) is 49.8 Å². The van der Waals surface area contributed by atoms with Crippen LogP contribution >= 0.6 is 11.6 Å². The van der Waals surface area contributed by atoms with E-state index in [-0.39, 0.29) is 16.9 Å². The molecule has 1 saturated carbocycles. The Balaban J connectivity index is 1.57. The van der Waals surface area contributed by atoms with Crippen LogP contribution in [-0.4, -0.2) is 29.9 Å². The maximum atomic E-state index is 13.3. The number of likely N-dealkylation sites (tertiary alicyclic amines) is 1. The Bertz CT molecular complexity index is 590. The largest absolute Gasteiger partial charge is 0.342 e. The highest BCUT2D eigenvalue weighted by Gasteiger charge is 2.37. The summed E-state index contributed by atoms with van der Waals surface area (Å²) in [4.78, 5) is 14.2. The molecule has 1 saturated heterocycles. The Morgan fingerprint density at radius 2 is 2.13 bits per heavy atom. The van der Waals surface area contributed by atoms with Crippen molar-refractivity contribution in [2.45, 2.75) is 45.2 Å². The number of halogens is 2. The number of amides is 1. The van der Waals surface area contributed by atoms with E-state index in [9.17, 15) is 9.18 Å². The van der Waals surface area contributed by atoms with Gasteiger partial charge in [-0.1, -0.05) is 24.6 Å². The normalized spacial score (nSPS) is 26.2. The van der Waals surface area contributed by atoms with Crippen LogP contribution in [0.4, 0.5) is 4.39 Å². The third-order valence-electron chi connectivity index (χ3n) is 5.05. The summed E-state index contributed by atoms with van der Waals surface area (Å²) < 4.78 is 13.3. The fourth-order valence-electron chi connectivity index (χ4n) is 3.38. The van der Waals surface area contributed by atoms with Crippen LogP contribution in [-0.2, 0) is 4.79 Å². The van der Waals surface area contributed by atoms with E-state index in [1.807, 2.05) is 4.90 Å². The number of hydrogen-bond donors (Lipinski definition) is 1. The highest BCUT2D eigenvalue weighted by Crippen LogP contribution is 2.33. The average Bonchev–Trinajstić information content (AvgIpc) is 3.36. The summed E-state index contributed by atoms with van der Waals surface area (Å²) in [5.74, 6) is 0.661. The number of benzene rings is 1. The number of hydrogen-bond acceptors (Lipinski definition) is 2. The minimum Gasteiger partial charge on any atom is -0.342 e. The molecule has 1 amide bonds. The predicted molar refractivity (Wildman–Crippen MR) is 89.8 cm³/mol. The molecular formula is C18H24ClFN2O. The first-order chi connectivity index (χ1) is 11.0. The van der Waals surface area contributed by atoms with E-state index in [2.05, 4.69) is 19.2 Å². The molecule has 2 fully saturated rings. The van der Waals surface area contributed by atoms with E-state index < -0.39 is 0 Å². The smallest absolute Gasteiger partial charge is 0.225 e. The van der Waals surface area contributed by atoms with E-state index in [1.165, 1.54) is 6.07 Å². The molecule has 1 aromatic rings. The lowest BCUT2D eigenvalue weighted by Gasteiger charge is -2.39. The molecule has 3 rings (SSSR count). The van der Waals surface area contributed by atoms with E-state index in [1.54, 1.807) is 12.1 Å². The number of nitrogens with zero attached hydrogens (tertiary/aromatic N) is 1. The van der Waals surface area contributed by atoms with Crippen LogP contribution in [0, 0.1) is 17.7 Å². The maximum absolute atomic E-state index is 13.3. The molecule has 2 aliphatic rings. The zero-order valence-electron chi connectivity index (χ0n) is 13.7. The molecule has 1 aliphatic heterocycles. The van der Waals surface area contributed by atoms with Gasteiger partial charge in [0, 0.05) is 31.1 Å². The van der Waals surface area contributed by atoms with Crippen molar-refractivity contribution in [1.29, 1.82) is 0 Å². The molecule has 126 valence electrons. The van der Waals surface area contributed by atoms with Gasteiger partial charge in [-0.25, -0.2) is 4.39 Å². The van der Waals surface area contributed by atoms with Gasteiger partial charge in [0.2, 0.25) is 5.91 Å². The Labute approximate surface area is 142 Å². The molecule has 1 N–H and O–H groups in total. The molecule has 3 atom stereocenters. The van der Waals surface area contributed by atoms with Crippen molar-refractivity contribution in [1.82, 2.24) is 10.2 Å². The number of piperidine rings is 1. The lowest BCUT2D eigenvalue weighted by molar-refractivity contribution is -0.134. The summed E-state index contributed by atoms with van der Waals surface area (Å²) in [5.41, 5.74) is 0.986. The first-order valence-corrected chi connectivity index (χ1v) is 8.83. The van der Waals surface area contributed by atoms with Gasteiger partial charge >= 0.3 is 0 Å². The van der Waals surface area contributed by atoms with Crippen LogP contribution in [0.5, 0.6) is 0 Å². The Hall–Kier alpha value is -1.13. The van der Waals surface area contributed by atoms with E-state index >= 15 is 0 Å². The molecule has 5 heteroatoms. The van der Waals surface area contributed by atoms with Crippen LogP contribution in [0.25, 0.3) is 0 Å². The second kappa shape index (κ2) is 6.78. The number of nitrogens with one attached hydrogen (secondary N) is 1. The van der Waals surface area contributed by atoms with Gasteiger partial charge in [-0.3, -0.25) is 4.79 Å². The van der Waals surface area contributed by atoms with Gasteiger partial charge in [0.15, 0.2) is 0 Å². The van der Waals surface area contributed by atoms with Gasteiger partial charge in [0.25, 0.3) is 0 Å². The molecule has 0 bridgehead atoms. The van der Waals surface area contributed by atoms with Crippen LogP contribution in [0.1, 0.15) is 44.7 Å². The van der Waals surface area contributed by atoms with Crippen molar-refractivity contribution in [3.8, 4) is 0 Å². The standard InChI is InChI=1S/C18H24ClFN2O/c1-11-10-22(18(23)13-3-4-13)8-7-17(11)21-12(2)14-5-6-16(20)15(19)9-14/h5-6,9,11-13,17,21H,3-4,7-8,10H2,1-2H3/t11-,12-,17-/m0/s1. The summed E-state index contributed by atoms with van der Waals surface area (Å²) in [6.45, 7) is 5.91. The minimum absolute atomic E-state index is 0.103. The van der Waals surface area contributed by atoms with Crippen LogP contribution in [0.15, 0.2) is 18.2 Å². The molecule has 0 spiro atoms. The summed E-state index contributed by atoms with van der Waals surface area (Å²) in [6.07, 6.45) is 3.08. The van der Waals surface area contributed by atoms with Crippen LogP contribution < -0.4 is 5.32 Å². The van der Waals surface area contributed by atoms with E-state index in [0.717, 1.165) is 37.9 Å². The third kappa shape index (κ3) is 3.86. The van der Waals surface area contributed by atoms with Crippen molar-refractivity contribution < 1.29 is 9.18 Å². The highest BCUT2D eigenvalue weighted by atomic mass is 35.5. The lowest BCUT2D eigenvalue weighted by atomic mass is 9.92. The second-order valence-electron chi connectivity index (χ2n) is 6.99. The van der Waals surface area contributed by atoms with E-state index in [0.29, 0.717) is 23.8 Å². The van der Waals surface area contributed by atoms with Crippen LogP contribution in [0.2, 0.25) is 5.02 Å². The Morgan fingerprint density at radius 3 is 2.74 bits per heavy atom. The molecule has 0 unspecified atom stereocenters. The van der Waals surface area contributed by atoms with E-state index in [4.69, 9.17) is 11.6 Å². The quantitative estimate of drug-likeness (QED) is 0.906. The SMILES string of the molecule is C[C@H](N[C@H]1CCN(C(=O)C2CC2)C[C@@H]1C)c1ccc(F)c(Cl)c1. The third-order valence-corrected chi connectivity index (χ3v) is 5.34. The summed E-state index contributed by atoms with van der Waals surface area (Å²) >= 11 is 5.87. The van der Waals surface area contributed by atoms with Crippen LogP contribution in [0.3, 0.4) is 0 Å². The Morgan fingerprint density at radius 1 is 1.39 bits per heavy atom. The first kappa shape index (κ1) is 16.7. The summed E-state index contributed by atoms with van der Waals surface area (Å²) in [5, 5.41) is 3.78. The second-order valence-corrected chi connectivity index (χ2v) is 7.40. The average molecular weight is 339 g/mol. The molecule has 23 heavy (non-hydrogen) atoms. The topological polar surface area (TPSA) is 32.3 Å². The minimum atomic E-state index is -0.386. The van der Waals surface area contributed by atoms with Gasteiger partial charge < -0.3 is 10.2 Å². The van der Waals surface area contributed by atoms with Crippen molar-refractivity contribution in [2.75, 3.05) is 13.1 Å². The number of carbonyl (C=O) groups is 1. The van der Waals surface area contributed by atoms with Crippen molar-refractivity contribution >= 4 is 17.5 Å². The zero-order chi connectivity index (χ0) is 16.6. The molecule has 1 aromatic carbocycles. The molecule has 3 nitrogen and oxygen atoms in total. The lowest BCUT2D eigenvalue weighted by Crippen LogP contribution is -2.50. The number of carbonyl (C=O) groups excluding carboxylic acids is 1. The summed E-state index contributed by atoms with van der Waals surface area (Å²) in [6, 6.07) is 5.33. The molecule has 0 radical (unpaired) electrons. The van der Waals surface area contributed by atoms with Crippen molar-refractivity contribution in [2.24, 2.45) is 11.8 Å². The molecule has 1 aliphatic carbocycles. The monoisotopic (exact) mass is 338 g/mol. The van der Waals surface area contributed by atoms with Gasteiger partial charge in [-0.15, -0.1) is 0 Å². The highest BCUT2D eigenvalue weighted by molar-refractivity contribution is 6.30. The zero-order valence-corrected chi connectivity index (χ0v) is 14.4. The molecule has 0 aromatic heterocycles. The molecule has 1 heterocycles. The van der Waals surface area contributed by atoms with Crippen molar-refractivity contribution in [3.05, 3.63) is 34.6 Å². The number of rotatable bonds is 4.